The summed E-state index contributed by atoms with van der Waals surface area (Å²) in [5.74, 6) is 2.70. The number of aromatic nitrogens is 3. The average Bonchev–Trinajstić information content (AvgIpc) is 2.57. The van der Waals surface area contributed by atoms with Crippen molar-refractivity contribution in [3.8, 4) is 0 Å². The first-order valence-corrected chi connectivity index (χ1v) is 7.37. The van der Waals surface area contributed by atoms with Crippen molar-refractivity contribution in [2.75, 3.05) is 0 Å². The van der Waals surface area contributed by atoms with Crippen molar-refractivity contribution in [3.05, 3.63) is 11.6 Å². The molecule has 1 aromatic heterocycles. The van der Waals surface area contributed by atoms with Gasteiger partial charge in [-0.3, -0.25) is 0 Å². The average molecular weight is 300 g/mol. The molecule has 0 aliphatic heterocycles. The predicted molar refractivity (Wildman–Crippen MR) is 73.3 cm³/mol. The molecule has 0 amide bonds. The second kappa shape index (κ2) is 3.81. The Hall–Kier alpha value is -0.380. The van der Waals surface area contributed by atoms with Crippen molar-refractivity contribution in [3.63, 3.8) is 0 Å². The minimum atomic E-state index is 0.316. The van der Waals surface area contributed by atoms with Crippen LogP contribution in [0.4, 0.5) is 0 Å². The Morgan fingerprint density at radius 3 is 2.06 bits per heavy atom. The molecule has 2 rings (SSSR count). The summed E-state index contributed by atoms with van der Waals surface area (Å²) in [5, 5.41) is 9.53. The Balaban J connectivity index is 2.45. The zero-order valence-electron chi connectivity index (χ0n) is 11.6. The largest absolute Gasteiger partial charge is 0.311 e. The lowest BCUT2D eigenvalue weighted by atomic mass is 10.0. The third-order valence-electron chi connectivity index (χ3n) is 4.71. The van der Waals surface area contributed by atoms with Gasteiger partial charge >= 0.3 is 0 Å². The molecular weight excluding hydrogens is 278 g/mol. The fourth-order valence-electron chi connectivity index (χ4n) is 3.03. The summed E-state index contributed by atoms with van der Waals surface area (Å²) < 4.78 is 2.29. The van der Waals surface area contributed by atoms with Gasteiger partial charge in [0, 0.05) is 12.0 Å². The van der Waals surface area contributed by atoms with Crippen molar-refractivity contribution in [1.29, 1.82) is 0 Å². The van der Waals surface area contributed by atoms with E-state index in [-0.39, 0.29) is 0 Å². The lowest BCUT2D eigenvalue weighted by molar-refractivity contribution is 0.457. The van der Waals surface area contributed by atoms with Crippen LogP contribution in [0.25, 0.3) is 0 Å². The number of halogens is 1. The number of hydrogen-bond donors (Lipinski definition) is 0. The quantitative estimate of drug-likeness (QED) is 0.793. The SMILES string of the molecule is CC(C)n1c(CBr)nnc1C1C(C)(C)C1(C)C. The van der Waals surface area contributed by atoms with Gasteiger partial charge in [-0.05, 0) is 24.7 Å². The van der Waals surface area contributed by atoms with Crippen LogP contribution in [-0.4, -0.2) is 14.8 Å². The molecular formula is C13H22BrN3. The molecule has 1 fully saturated rings. The summed E-state index contributed by atoms with van der Waals surface area (Å²) in [5.41, 5.74) is 0.631. The second-order valence-corrected chi connectivity index (χ2v) is 7.01. The van der Waals surface area contributed by atoms with E-state index < -0.39 is 0 Å². The molecule has 0 atom stereocenters. The van der Waals surface area contributed by atoms with Gasteiger partial charge in [-0.2, -0.15) is 0 Å². The lowest BCUT2D eigenvalue weighted by Crippen LogP contribution is -2.10. The Morgan fingerprint density at radius 2 is 1.71 bits per heavy atom. The number of alkyl halides is 1. The molecule has 0 bridgehead atoms. The predicted octanol–water partition coefficient (Wildman–Crippen LogP) is 3.90. The number of hydrogen-bond acceptors (Lipinski definition) is 2. The third kappa shape index (κ3) is 1.67. The topological polar surface area (TPSA) is 30.7 Å². The molecule has 3 nitrogen and oxygen atoms in total. The summed E-state index contributed by atoms with van der Waals surface area (Å²) in [7, 11) is 0. The first-order valence-electron chi connectivity index (χ1n) is 6.24. The Kier molecular flexibility index (Phi) is 2.92. The molecule has 0 radical (unpaired) electrons. The molecule has 1 aliphatic rings. The smallest absolute Gasteiger partial charge is 0.143 e. The first-order chi connectivity index (χ1) is 7.75. The van der Waals surface area contributed by atoms with Crippen molar-refractivity contribution >= 4 is 15.9 Å². The first kappa shape index (κ1) is 13.1. The summed E-state index contributed by atoms with van der Waals surface area (Å²) in [6.45, 7) is 13.7. The van der Waals surface area contributed by atoms with Crippen LogP contribution in [0, 0.1) is 10.8 Å². The van der Waals surface area contributed by atoms with Crippen molar-refractivity contribution in [1.82, 2.24) is 14.8 Å². The Labute approximate surface area is 112 Å². The molecule has 0 spiro atoms. The van der Waals surface area contributed by atoms with Crippen LogP contribution in [-0.2, 0) is 5.33 Å². The third-order valence-corrected chi connectivity index (χ3v) is 5.21. The fourth-order valence-corrected chi connectivity index (χ4v) is 3.41. The molecule has 1 heterocycles. The Morgan fingerprint density at radius 1 is 1.18 bits per heavy atom. The molecule has 96 valence electrons. The van der Waals surface area contributed by atoms with Crippen LogP contribution < -0.4 is 0 Å². The van der Waals surface area contributed by atoms with Crippen LogP contribution in [0.1, 0.15) is 65.2 Å². The lowest BCUT2D eigenvalue weighted by Gasteiger charge is -2.14. The van der Waals surface area contributed by atoms with Crippen molar-refractivity contribution < 1.29 is 0 Å². The minimum Gasteiger partial charge on any atom is -0.311 e. The van der Waals surface area contributed by atoms with Gasteiger partial charge in [0.2, 0.25) is 0 Å². The monoisotopic (exact) mass is 299 g/mol. The second-order valence-electron chi connectivity index (χ2n) is 6.45. The zero-order valence-corrected chi connectivity index (χ0v) is 13.2. The maximum Gasteiger partial charge on any atom is 0.143 e. The highest BCUT2D eigenvalue weighted by molar-refractivity contribution is 9.08. The van der Waals surface area contributed by atoms with E-state index in [1.54, 1.807) is 0 Å². The number of nitrogens with zero attached hydrogens (tertiary/aromatic N) is 3. The highest BCUT2D eigenvalue weighted by atomic mass is 79.9. The van der Waals surface area contributed by atoms with Gasteiger partial charge in [-0.1, -0.05) is 43.6 Å². The normalized spacial score (nSPS) is 22.1. The molecule has 1 saturated carbocycles. The molecule has 0 N–H and O–H groups in total. The van der Waals surface area contributed by atoms with Gasteiger partial charge in [-0.25, -0.2) is 0 Å². The maximum absolute atomic E-state index is 4.44. The van der Waals surface area contributed by atoms with Crippen LogP contribution in [0.5, 0.6) is 0 Å². The number of rotatable bonds is 3. The molecule has 0 unspecified atom stereocenters. The van der Waals surface area contributed by atoms with Crippen LogP contribution in [0.2, 0.25) is 0 Å². The van der Waals surface area contributed by atoms with Crippen molar-refractivity contribution in [2.24, 2.45) is 10.8 Å². The van der Waals surface area contributed by atoms with Crippen LogP contribution in [0.15, 0.2) is 0 Å². The zero-order chi connectivity index (χ0) is 13.0. The molecule has 4 heteroatoms. The minimum absolute atomic E-state index is 0.316. The molecule has 1 aliphatic carbocycles. The van der Waals surface area contributed by atoms with E-state index in [2.05, 4.69) is 72.2 Å². The van der Waals surface area contributed by atoms with E-state index in [1.165, 1.54) is 0 Å². The standard InChI is InChI=1S/C13H22BrN3/c1-8(2)17-9(7-14)15-16-11(17)10-12(3,4)13(10,5)6/h8,10H,7H2,1-6H3. The van der Waals surface area contributed by atoms with Crippen LogP contribution >= 0.6 is 15.9 Å². The summed E-state index contributed by atoms with van der Waals surface area (Å²) >= 11 is 3.49. The van der Waals surface area contributed by atoms with Gasteiger partial charge in [-0.15, -0.1) is 10.2 Å². The summed E-state index contributed by atoms with van der Waals surface area (Å²) in [6.07, 6.45) is 0. The van der Waals surface area contributed by atoms with Gasteiger partial charge in [0.15, 0.2) is 0 Å². The van der Waals surface area contributed by atoms with E-state index >= 15 is 0 Å². The Bertz CT molecular complexity index is 418. The summed E-state index contributed by atoms with van der Waals surface area (Å²) in [6, 6.07) is 0.416. The fraction of sp³-hybridized carbons (Fsp3) is 0.846. The van der Waals surface area contributed by atoms with E-state index in [0.717, 1.165) is 17.0 Å². The highest BCUT2D eigenvalue weighted by Crippen LogP contribution is 2.73. The van der Waals surface area contributed by atoms with E-state index in [0.29, 0.717) is 22.8 Å². The van der Waals surface area contributed by atoms with Gasteiger partial charge in [0.25, 0.3) is 0 Å². The van der Waals surface area contributed by atoms with Crippen LogP contribution in [0.3, 0.4) is 0 Å². The molecule has 17 heavy (non-hydrogen) atoms. The van der Waals surface area contributed by atoms with E-state index in [1.807, 2.05) is 0 Å². The highest BCUT2D eigenvalue weighted by Gasteiger charge is 2.67. The van der Waals surface area contributed by atoms with Gasteiger partial charge < -0.3 is 4.57 Å². The van der Waals surface area contributed by atoms with Gasteiger partial charge in [0.1, 0.15) is 11.6 Å². The molecule has 1 aromatic rings. The molecule has 0 aromatic carbocycles. The molecule has 0 saturated heterocycles. The van der Waals surface area contributed by atoms with E-state index in [4.69, 9.17) is 0 Å². The maximum atomic E-state index is 4.44. The summed E-state index contributed by atoms with van der Waals surface area (Å²) in [4.78, 5) is 0. The van der Waals surface area contributed by atoms with E-state index in [9.17, 15) is 0 Å². The van der Waals surface area contributed by atoms with Crippen molar-refractivity contribution in [2.45, 2.75) is 58.8 Å². The van der Waals surface area contributed by atoms with Gasteiger partial charge in [0.05, 0.1) is 5.33 Å².